The van der Waals surface area contributed by atoms with Crippen LogP contribution in [0.3, 0.4) is 0 Å². The molecule has 2 N–H and O–H groups in total. The summed E-state index contributed by atoms with van der Waals surface area (Å²) in [5.41, 5.74) is 5.58. The van der Waals surface area contributed by atoms with Gasteiger partial charge in [-0.05, 0) is 13.0 Å². The van der Waals surface area contributed by atoms with Gasteiger partial charge in [-0.2, -0.15) is 0 Å². The molecule has 5 heteroatoms. The highest BCUT2D eigenvalue weighted by atomic mass is 32.2. The molecule has 1 aliphatic rings. The lowest BCUT2D eigenvalue weighted by molar-refractivity contribution is 0.214. The summed E-state index contributed by atoms with van der Waals surface area (Å²) in [5, 5.41) is 0. The van der Waals surface area contributed by atoms with Crippen molar-refractivity contribution < 1.29 is 8.42 Å². The number of nitrogens with zero attached hydrogens (tertiary/aromatic N) is 1. The molecule has 0 amide bonds. The van der Waals surface area contributed by atoms with E-state index in [0.717, 1.165) is 19.4 Å². The molecule has 1 saturated heterocycles. The Morgan fingerprint density at radius 3 is 2.79 bits per heavy atom. The second kappa shape index (κ2) is 5.09. The topological polar surface area (TPSA) is 63.4 Å². The van der Waals surface area contributed by atoms with Gasteiger partial charge in [0.05, 0.1) is 11.5 Å². The molecule has 1 rings (SSSR count). The molecule has 1 aliphatic heterocycles. The molecule has 84 valence electrons. The number of unbranched alkanes of at least 4 members (excludes halogenated alkanes) is 1. The maximum absolute atomic E-state index is 11.4. The molecule has 1 unspecified atom stereocenters. The van der Waals surface area contributed by atoms with Crippen molar-refractivity contribution in [2.75, 3.05) is 31.1 Å². The van der Waals surface area contributed by atoms with Crippen molar-refractivity contribution >= 4 is 9.84 Å². The van der Waals surface area contributed by atoms with Crippen molar-refractivity contribution in [1.29, 1.82) is 0 Å². The molecule has 0 spiro atoms. The summed E-state index contributed by atoms with van der Waals surface area (Å²) in [4.78, 5) is 2.21. The number of rotatable bonds is 4. The highest BCUT2D eigenvalue weighted by molar-refractivity contribution is 7.91. The zero-order chi connectivity index (χ0) is 10.6. The Kier molecular flexibility index (Phi) is 4.34. The second-order valence-electron chi connectivity index (χ2n) is 3.89. The van der Waals surface area contributed by atoms with Crippen LogP contribution in [-0.4, -0.2) is 50.5 Å². The van der Waals surface area contributed by atoms with Crippen molar-refractivity contribution in [3.05, 3.63) is 0 Å². The minimum absolute atomic E-state index is 0.0419. The number of hydrogen-bond donors (Lipinski definition) is 1. The molecular weight excluding hydrogens is 200 g/mol. The average Bonchev–Trinajstić information content (AvgIpc) is 2.15. The van der Waals surface area contributed by atoms with Crippen LogP contribution in [-0.2, 0) is 9.84 Å². The summed E-state index contributed by atoms with van der Waals surface area (Å²) < 4.78 is 22.7. The molecule has 0 aliphatic carbocycles. The van der Waals surface area contributed by atoms with Gasteiger partial charge in [-0.25, -0.2) is 8.42 Å². The molecule has 0 aromatic heterocycles. The summed E-state index contributed by atoms with van der Waals surface area (Å²) >= 11 is 0. The Labute approximate surface area is 86.4 Å². The van der Waals surface area contributed by atoms with Crippen LogP contribution < -0.4 is 5.73 Å². The van der Waals surface area contributed by atoms with E-state index < -0.39 is 9.84 Å². The van der Waals surface area contributed by atoms with Crippen molar-refractivity contribution in [1.82, 2.24) is 4.90 Å². The van der Waals surface area contributed by atoms with E-state index in [-0.39, 0.29) is 11.8 Å². The predicted octanol–water partition coefficient (Wildman–Crippen LogP) is -0.156. The Hall–Kier alpha value is -0.130. The maximum Gasteiger partial charge on any atom is 0.153 e. The minimum Gasteiger partial charge on any atom is -0.329 e. The molecule has 14 heavy (non-hydrogen) atoms. The van der Waals surface area contributed by atoms with Gasteiger partial charge in [-0.3, -0.25) is 4.90 Å². The summed E-state index contributed by atoms with van der Waals surface area (Å²) in [6.45, 7) is 4.22. The van der Waals surface area contributed by atoms with Gasteiger partial charge in [0.2, 0.25) is 0 Å². The van der Waals surface area contributed by atoms with Crippen molar-refractivity contribution in [3.8, 4) is 0 Å². The van der Waals surface area contributed by atoms with E-state index in [0.29, 0.717) is 18.8 Å². The largest absolute Gasteiger partial charge is 0.329 e. The van der Waals surface area contributed by atoms with Gasteiger partial charge in [0.15, 0.2) is 9.84 Å². The molecule has 0 bridgehead atoms. The summed E-state index contributed by atoms with van der Waals surface area (Å²) in [7, 11) is -2.82. The van der Waals surface area contributed by atoms with Crippen LogP contribution in [0.5, 0.6) is 0 Å². The average molecular weight is 220 g/mol. The van der Waals surface area contributed by atoms with E-state index >= 15 is 0 Å². The van der Waals surface area contributed by atoms with Gasteiger partial charge in [0, 0.05) is 19.1 Å². The van der Waals surface area contributed by atoms with E-state index in [1.165, 1.54) is 0 Å². The lowest BCUT2D eigenvalue weighted by Gasteiger charge is -2.34. The fourth-order valence-corrected chi connectivity index (χ4v) is 3.41. The van der Waals surface area contributed by atoms with E-state index in [1.807, 2.05) is 0 Å². The van der Waals surface area contributed by atoms with Gasteiger partial charge in [0.25, 0.3) is 0 Å². The van der Waals surface area contributed by atoms with Gasteiger partial charge >= 0.3 is 0 Å². The minimum atomic E-state index is -2.82. The first-order valence-electron chi connectivity index (χ1n) is 5.23. The Morgan fingerprint density at radius 2 is 2.21 bits per heavy atom. The number of hydrogen-bond acceptors (Lipinski definition) is 4. The number of nitrogens with two attached hydrogens (primary N) is 1. The monoisotopic (exact) mass is 220 g/mol. The van der Waals surface area contributed by atoms with Crippen molar-refractivity contribution in [3.63, 3.8) is 0 Å². The van der Waals surface area contributed by atoms with Gasteiger partial charge in [-0.15, -0.1) is 0 Å². The standard InChI is InChI=1S/C9H20N2O2S/c1-2-3-4-11-5-6-14(12,13)8-9(11)7-10/h9H,2-8,10H2,1H3. The zero-order valence-corrected chi connectivity index (χ0v) is 9.59. The van der Waals surface area contributed by atoms with Crippen LogP contribution >= 0.6 is 0 Å². The molecule has 4 nitrogen and oxygen atoms in total. The van der Waals surface area contributed by atoms with Gasteiger partial charge < -0.3 is 5.73 Å². The van der Waals surface area contributed by atoms with Gasteiger partial charge in [0.1, 0.15) is 0 Å². The zero-order valence-electron chi connectivity index (χ0n) is 8.78. The van der Waals surface area contributed by atoms with Crippen LogP contribution in [0.25, 0.3) is 0 Å². The lowest BCUT2D eigenvalue weighted by atomic mass is 10.2. The first-order chi connectivity index (χ1) is 6.59. The molecule has 1 fully saturated rings. The van der Waals surface area contributed by atoms with E-state index in [4.69, 9.17) is 5.73 Å². The highest BCUT2D eigenvalue weighted by Gasteiger charge is 2.29. The molecule has 0 aromatic carbocycles. The Balaban J connectivity index is 2.52. The smallest absolute Gasteiger partial charge is 0.153 e. The maximum atomic E-state index is 11.4. The quantitative estimate of drug-likeness (QED) is 0.715. The van der Waals surface area contributed by atoms with E-state index in [1.54, 1.807) is 0 Å². The fraction of sp³-hybridized carbons (Fsp3) is 1.00. The SMILES string of the molecule is CCCCN1CCS(=O)(=O)CC1CN. The van der Waals surface area contributed by atoms with Crippen LogP contribution in [0.2, 0.25) is 0 Å². The third-order valence-corrected chi connectivity index (χ3v) is 4.42. The lowest BCUT2D eigenvalue weighted by Crippen LogP contribution is -2.52. The molecule has 1 atom stereocenters. The van der Waals surface area contributed by atoms with E-state index in [2.05, 4.69) is 11.8 Å². The Morgan fingerprint density at radius 1 is 1.50 bits per heavy atom. The molecule has 0 saturated carbocycles. The van der Waals surface area contributed by atoms with Crippen LogP contribution in [0.15, 0.2) is 0 Å². The van der Waals surface area contributed by atoms with E-state index in [9.17, 15) is 8.42 Å². The molecular formula is C9H20N2O2S. The van der Waals surface area contributed by atoms with Crippen LogP contribution in [0.4, 0.5) is 0 Å². The van der Waals surface area contributed by atoms with Gasteiger partial charge in [-0.1, -0.05) is 13.3 Å². The molecule has 0 aromatic rings. The fourth-order valence-electron chi connectivity index (χ4n) is 1.79. The van der Waals surface area contributed by atoms with Crippen LogP contribution in [0, 0.1) is 0 Å². The first-order valence-corrected chi connectivity index (χ1v) is 7.05. The summed E-state index contributed by atoms with van der Waals surface area (Å²) in [6.07, 6.45) is 2.26. The molecule has 1 heterocycles. The first kappa shape index (κ1) is 11.9. The highest BCUT2D eigenvalue weighted by Crippen LogP contribution is 2.11. The van der Waals surface area contributed by atoms with Crippen LogP contribution in [0.1, 0.15) is 19.8 Å². The third-order valence-electron chi connectivity index (χ3n) is 2.72. The van der Waals surface area contributed by atoms with Crippen molar-refractivity contribution in [2.45, 2.75) is 25.8 Å². The normalized spacial score (nSPS) is 27.7. The predicted molar refractivity (Wildman–Crippen MR) is 58.0 cm³/mol. The second-order valence-corrected chi connectivity index (χ2v) is 6.12. The van der Waals surface area contributed by atoms with Crippen molar-refractivity contribution in [2.24, 2.45) is 5.73 Å². The third kappa shape index (κ3) is 3.22. The summed E-state index contributed by atoms with van der Waals surface area (Å²) in [5.74, 6) is 0.542. The Bertz CT molecular complexity index is 264. The summed E-state index contributed by atoms with van der Waals surface area (Å²) in [6, 6.07) is 0.0419. The molecule has 0 radical (unpaired) electrons. The number of sulfone groups is 1.